The number of hydrogen-bond donors (Lipinski definition) is 0. The van der Waals surface area contributed by atoms with Crippen LogP contribution in [0.15, 0.2) is 206 Å². The molecular weight excluding hydrogens is 725 g/mol. The van der Waals surface area contributed by atoms with E-state index in [0.717, 1.165) is 11.4 Å². The van der Waals surface area contributed by atoms with Crippen molar-refractivity contribution in [3.05, 3.63) is 240 Å². The van der Waals surface area contributed by atoms with Crippen molar-refractivity contribution in [2.24, 2.45) is 0 Å². The van der Waals surface area contributed by atoms with Gasteiger partial charge in [-0.3, -0.25) is 0 Å². The zero-order valence-corrected chi connectivity index (χ0v) is 33.5. The van der Waals surface area contributed by atoms with E-state index in [1.54, 1.807) is 0 Å². The molecule has 1 spiro atoms. The van der Waals surface area contributed by atoms with Gasteiger partial charge in [0, 0.05) is 27.6 Å². The summed E-state index contributed by atoms with van der Waals surface area (Å²) in [5.41, 5.74) is 22.5. The SMILES string of the molecule is CC1(C)c2ccccc2-c2cccc(N(c3ccccc3)c3ccc(-c4cccc5c4-c4ccccc4C54c5ccccc5-n5c6ccccc6c6cccc4c65)cc3)c21. The quantitative estimate of drug-likeness (QED) is 0.173. The van der Waals surface area contributed by atoms with Gasteiger partial charge in [0.05, 0.1) is 27.8 Å². The van der Waals surface area contributed by atoms with Crippen LogP contribution in [0.2, 0.25) is 0 Å². The van der Waals surface area contributed by atoms with Crippen LogP contribution in [0.25, 0.3) is 60.9 Å². The fourth-order valence-corrected chi connectivity index (χ4v) is 11.7. The van der Waals surface area contributed by atoms with Crippen LogP contribution in [0, 0.1) is 0 Å². The maximum atomic E-state index is 2.52. The van der Waals surface area contributed by atoms with Gasteiger partial charge in [-0.05, 0) is 109 Å². The van der Waals surface area contributed by atoms with Crippen molar-refractivity contribution in [1.82, 2.24) is 4.57 Å². The van der Waals surface area contributed by atoms with Gasteiger partial charge in [-0.1, -0.05) is 178 Å². The molecule has 2 nitrogen and oxygen atoms in total. The van der Waals surface area contributed by atoms with Crippen LogP contribution in [0.4, 0.5) is 17.1 Å². The number of anilines is 3. The first-order valence-corrected chi connectivity index (χ1v) is 21.1. The van der Waals surface area contributed by atoms with E-state index >= 15 is 0 Å². The lowest BCUT2D eigenvalue weighted by Gasteiger charge is -2.39. The fourth-order valence-electron chi connectivity index (χ4n) is 11.7. The summed E-state index contributed by atoms with van der Waals surface area (Å²) in [7, 11) is 0. The minimum absolute atomic E-state index is 0.153. The van der Waals surface area contributed by atoms with Gasteiger partial charge < -0.3 is 9.47 Å². The second-order valence-corrected chi connectivity index (χ2v) is 17.2. The normalized spacial score (nSPS) is 16.0. The first-order valence-electron chi connectivity index (χ1n) is 21.1. The zero-order chi connectivity index (χ0) is 39.7. The van der Waals surface area contributed by atoms with Crippen molar-refractivity contribution in [3.63, 3.8) is 0 Å². The monoisotopic (exact) mass is 764 g/mol. The lowest BCUT2D eigenvalue weighted by atomic mass is 9.65. The van der Waals surface area contributed by atoms with Crippen LogP contribution in [0.1, 0.15) is 47.2 Å². The number of fused-ring (bicyclic) bond motifs is 15. The summed E-state index contributed by atoms with van der Waals surface area (Å²) in [6.07, 6.45) is 0. The second-order valence-electron chi connectivity index (χ2n) is 17.2. The van der Waals surface area contributed by atoms with Gasteiger partial charge in [-0.25, -0.2) is 0 Å². The van der Waals surface area contributed by atoms with Crippen molar-refractivity contribution >= 4 is 38.9 Å². The molecule has 2 heterocycles. The summed E-state index contributed by atoms with van der Waals surface area (Å²) < 4.78 is 2.52. The number of para-hydroxylation sites is 4. The highest BCUT2D eigenvalue weighted by atomic mass is 15.1. The molecule has 3 aliphatic rings. The lowest BCUT2D eigenvalue weighted by molar-refractivity contribution is 0.661. The first-order chi connectivity index (χ1) is 29.6. The van der Waals surface area contributed by atoms with Crippen molar-refractivity contribution in [2.75, 3.05) is 4.90 Å². The number of aromatic nitrogens is 1. The van der Waals surface area contributed by atoms with E-state index in [2.05, 4.69) is 230 Å². The largest absolute Gasteiger partial charge is 0.310 e. The third kappa shape index (κ3) is 4.17. The molecule has 0 bridgehead atoms. The molecule has 1 unspecified atom stereocenters. The molecule has 2 heteroatoms. The Morgan fingerprint density at radius 1 is 0.400 bits per heavy atom. The molecule has 2 aliphatic carbocycles. The average molecular weight is 765 g/mol. The van der Waals surface area contributed by atoms with Crippen molar-refractivity contribution in [1.29, 1.82) is 0 Å². The molecule has 0 radical (unpaired) electrons. The Hall–Kier alpha value is -7.42. The minimum atomic E-state index is -0.482. The molecule has 0 saturated carbocycles. The van der Waals surface area contributed by atoms with E-state index in [1.807, 2.05) is 0 Å². The predicted octanol–water partition coefficient (Wildman–Crippen LogP) is 14.9. The number of rotatable bonds is 4. The molecule has 1 aliphatic heterocycles. The average Bonchev–Trinajstić information content (AvgIpc) is 3.89. The highest BCUT2D eigenvalue weighted by Gasteiger charge is 2.51. The van der Waals surface area contributed by atoms with Gasteiger partial charge in [-0.15, -0.1) is 0 Å². The van der Waals surface area contributed by atoms with Crippen LogP contribution in [0.3, 0.4) is 0 Å². The van der Waals surface area contributed by atoms with Crippen LogP contribution >= 0.6 is 0 Å². The second kappa shape index (κ2) is 12.1. The first kappa shape index (κ1) is 33.5. The Morgan fingerprint density at radius 3 is 1.83 bits per heavy atom. The Morgan fingerprint density at radius 2 is 0.983 bits per heavy atom. The highest BCUT2D eigenvalue weighted by Crippen LogP contribution is 2.62. The Bertz CT molecular complexity index is 3400. The summed E-state index contributed by atoms with van der Waals surface area (Å²) in [4.78, 5) is 2.45. The predicted molar refractivity (Wildman–Crippen MR) is 249 cm³/mol. The maximum absolute atomic E-state index is 2.52. The number of nitrogens with zero attached hydrogens (tertiary/aromatic N) is 2. The molecule has 1 aromatic heterocycles. The molecule has 60 heavy (non-hydrogen) atoms. The van der Waals surface area contributed by atoms with Crippen molar-refractivity contribution in [3.8, 4) is 39.1 Å². The van der Waals surface area contributed by atoms with Crippen LogP contribution in [0.5, 0.6) is 0 Å². The zero-order valence-electron chi connectivity index (χ0n) is 33.5. The summed E-state index contributed by atoms with van der Waals surface area (Å²) in [5, 5.41) is 2.59. The Balaban J connectivity index is 1.02. The van der Waals surface area contributed by atoms with Crippen LogP contribution in [-0.2, 0) is 10.8 Å². The van der Waals surface area contributed by atoms with Gasteiger partial charge in [0.25, 0.3) is 0 Å². The Kier molecular flexibility index (Phi) is 6.74. The van der Waals surface area contributed by atoms with Crippen LogP contribution in [-0.4, -0.2) is 4.57 Å². The van der Waals surface area contributed by atoms with Crippen molar-refractivity contribution < 1.29 is 0 Å². The number of hydrogen-bond acceptors (Lipinski definition) is 1. The summed E-state index contributed by atoms with van der Waals surface area (Å²) in [6.45, 7) is 4.75. The molecule has 13 rings (SSSR count). The maximum Gasteiger partial charge on any atom is 0.0754 e. The smallest absolute Gasteiger partial charge is 0.0754 e. The molecule has 0 amide bonds. The van der Waals surface area contributed by atoms with E-state index in [0.29, 0.717) is 0 Å². The standard InChI is InChI=1S/C58H40N2/c1-57(2)46-25-9-6-19-41(46)43-23-16-32-53(55(43)57)59(38-17-4-3-5-18-38)39-35-33-37(34-36-39)40-22-14-28-49-54(40)45-21-7-10-26-47(45)58(49)48-27-11-13-31-52(48)60-51-30-12-8-20-42(51)44-24-15-29-50(58)56(44)60/h3-36H,1-2H3. The molecular formula is C58H40N2. The molecule has 282 valence electrons. The molecule has 1 atom stereocenters. The molecule has 9 aromatic carbocycles. The van der Waals surface area contributed by atoms with E-state index in [1.165, 1.54) is 99.9 Å². The summed E-state index contributed by atoms with van der Waals surface area (Å²) in [5.74, 6) is 0. The summed E-state index contributed by atoms with van der Waals surface area (Å²) in [6, 6.07) is 77.0. The fraction of sp³-hybridized carbons (Fsp3) is 0.0690. The highest BCUT2D eigenvalue weighted by molar-refractivity contribution is 6.13. The van der Waals surface area contributed by atoms with Crippen LogP contribution < -0.4 is 4.90 Å². The van der Waals surface area contributed by atoms with E-state index < -0.39 is 5.41 Å². The Labute approximate surface area is 350 Å². The minimum Gasteiger partial charge on any atom is -0.310 e. The lowest BCUT2D eigenvalue weighted by Crippen LogP contribution is -2.33. The van der Waals surface area contributed by atoms with Gasteiger partial charge in [0.1, 0.15) is 0 Å². The molecule has 0 fully saturated rings. The third-order valence-corrected chi connectivity index (χ3v) is 14.0. The molecule has 0 N–H and O–H groups in total. The van der Waals surface area contributed by atoms with Gasteiger partial charge in [0.15, 0.2) is 0 Å². The third-order valence-electron chi connectivity index (χ3n) is 14.0. The van der Waals surface area contributed by atoms with Gasteiger partial charge in [0.2, 0.25) is 0 Å². The van der Waals surface area contributed by atoms with E-state index in [9.17, 15) is 0 Å². The van der Waals surface area contributed by atoms with Crippen molar-refractivity contribution in [2.45, 2.75) is 24.7 Å². The van der Waals surface area contributed by atoms with E-state index in [4.69, 9.17) is 0 Å². The molecule has 10 aromatic rings. The van der Waals surface area contributed by atoms with Gasteiger partial charge >= 0.3 is 0 Å². The van der Waals surface area contributed by atoms with Gasteiger partial charge in [-0.2, -0.15) is 0 Å². The summed E-state index contributed by atoms with van der Waals surface area (Å²) >= 11 is 0. The molecule has 0 saturated heterocycles. The number of benzene rings is 9. The topological polar surface area (TPSA) is 8.17 Å². The van der Waals surface area contributed by atoms with E-state index in [-0.39, 0.29) is 5.41 Å².